The highest BCUT2D eigenvalue weighted by Crippen LogP contribution is 2.29. The maximum Gasteiger partial charge on any atom is 0.259 e. The molecule has 1 atom stereocenters. The van der Waals surface area contributed by atoms with Crippen molar-refractivity contribution in [3.05, 3.63) is 34.4 Å². The maximum absolute atomic E-state index is 11.7. The average Bonchev–Trinajstić information content (AvgIpc) is 2.67. The molecule has 2 aliphatic rings. The number of fused-ring (bicyclic) bond motifs is 1. The smallest absolute Gasteiger partial charge is 0.259 e. The lowest BCUT2D eigenvalue weighted by molar-refractivity contribution is 0.0273. The number of imide groups is 1. The van der Waals surface area contributed by atoms with Gasteiger partial charge in [0.2, 0.25) is 0 Å². The molecule has 2 N–H and O–H groups in total. The lowest BCUT2D eigenvalue weighted by Gasteiger charge is -2.25. The molecular weight excluding hydrogens is 232 g/mol. The summed E-state index contributed by atoms with van der Waals surface area (Å²) in [6.45, 7) is 4.10. The Labute approximate surface area is 105 Å². The molecule has 1 saturated heterocycles. The van der Waals surface area contributed by atoms with Crippen molar-refractivity contribution in [2.45, 2.75) is 13.0 Å². The van der Waals surface area contributed by atoms with Gasteiger partial charge in [-0.05, 0) is 24.1 Å². The summed E-state index contributed by atoms with van der Waals surface area (Å²) in [5, 5.41) is 5.57. The van der Waals surface area contributed by atoms with Crippen LogP contribution in [0.5, 0.6) is 0 Å². The van der Waals surface area contributed by atoms with E-state index in [0.717, 1.165) is 24.2 Å². The highest BCUT2D eigenvalue weighted by Gasteiger charge is 2.31. The van der Waals surface area contributed by atoms with E-state index < -0.39 is 0 Å². The Morgan fingerprint density at radius 2 is 2.11 bits per heavy atom. The number of morpholine rings is 1. The van der Waals surface area contributed by atoms with Gasteiger partial charge in [-0.25, -0.2) is 0 Å². The van der Waals surface area contributed by atoms with Gasteiger partial charge in [-0.3, -0.25) is 14.9 Å². The molecule has 0 bridgehead atoms. The Bertz CT molecular complexity index is 533. The zero-order valence-electron chi connectivity index (χ0n) is 10.1. The Morgan fingerprint density at radius 1 is 1.28 bits per heavy atom. The van der Waals surface area contributed by atoms with Crippen LogP contribution in [-0.4, -0.2) is 31.5 Å². The fraction of sp³-hybridized carbons (Fsp3) is 0.385. The zero-order chi connectivity index (χ0) is 12.7. The van der Waals surface area contributed by atoms with Gasteiger partial charge in [0.1, 0.15) is 0 Å². The van der Waals surface area contributed by atoms with Gasteiger partial charge in [0.15, 0.2) is 0 Å². The van der Waals surface area contributed by atoms with E-state index in [-0.39, 0.29) is 17.9 Å². The minimum atomic E-state index is -0.313. The third-order valence-corrected chi connectivity index (χ3v) is 3.48. The number of nitrogens with one attached hydrogen (secondary N) is 2. The minimum Gasteiger partial charge on any atom is -0.371 e. The van der Waals surface area contributed by atoms with E-state index in [1.807, 2.05) is 13.0 Å². The van der Waals surface area contributed by atoms with Crippen molar-refractivity contribution >= 4 is 11.8 Å². The lowest BCUT2D eigenvalue weighted by Crippen LogP contribution is -2.33. The molecule has 1 aromatic rings. The van der Waals surface area contributed by atoms with Crippen molar-refractivity contribution < 1.29 is 14.3 Å². The highest BCUT2D eigenvalue weighted by atomic mass is 16.5. The molecular formula is C13H14N2O3. The van der Waals surface area contributed by atoms with Crippen LogP contribution in [0.1, 0.15) is 37.9 Å². The first-order chi connectivity index (χ1) is 8.68. The number of rotatable bonds is 1. The molecule has 0 aromatic heterocycles. The SMILES string of the molecule is Cc1c(C2CNCCO2)ccc2c1C(=O)NC2=O. The van der Waals surface area contributed by atoms with Crippen LogP contribution in [0, 0.1) is 6.92 Å². The molecule has 1 fully saturated rings. The van der Waals surface area contributed by atoms with Crippen LogP contribution in [0.2, 0.25) is 0 Å². The second-order valence-corrected chi connectivity index (χ2v) is 4.55. The number of ether oxygens (including phenoxy) is 1. The van der Waals surface area contributed by atoms with Crippen LogP contribution in [0.15, 0.2) is 12.1 Å². The quantitative estimate of drug-likeness (QED) is 0.710. The lowest BCUT2D eigenvalue weighted by atomic mass is 9.94. The van der Waals surface area contributed by atoms with Crippen molar-refractivity contribution in [1.29, 1.82) is 0 Å². The molecule has 2 heterocycles. The number of hydrogen-bond acceptors (Lipinski definition) is 4. The summed E-state index contributed by atoms with van der Waals surface area (Å²) in [5.41, 5.74) is 2.77. The van der Waals surface area contributed by atoms with Crippen molar-refractivity contribution in [3.8, 4) is 0 Å². The van der Waals surface area contributed by atoms with Gasteiger partial charge in [0, 0.05) is 13.1 Å². The molecule has 0 saturated carbocycles. The second kappa shape index (κ2) is 4.19. The molecule has 2 aliphatic heterocycles. The van der Waals surface area contributed by atoms with Crippen LogP contribution < -0.4 is 10.6 Å². The van der Waals surface area contributed by atoms with E-state index in [1.54, 1.807) is 6.07 Å². The molecule has 2 amide bonds. The van der Waals surface area contributed by atoms with Gasteiger partial charge in [-0.15, -0.1) is 0 Å². The van der Waals surface area contributed by atoms with Gasteiger partial charge in [0.25, 0.3) is 11.8 Å². The summed E-state index contributed by atoms with van der Waals surface area (Å²) in [6.07, 6.45) is -0.0486. The number of hydrogen-bond donors (Lipinski definition) is 2. The first kappa shape index (κ1) is 11.4. The normalized spacial score (nSPS) is 22.8. The Hall–Kier alpha value is -1.72. The van der Waals surface area contributed by atoms with Gasteiger partial charge >= 0.3 is 0 Å². The van der Waals surface area contributed by atoms with E-state index in [1.165, 1.54) is 0 Å². The standard InChI is InChI=1S/C13H14N2O3/c1-7-8(10-6-14-4-5-18-10)2-3-9-11(7)13(17)15-12(9)16/h2-3,10,14H,4-6H2,1H3,(H,15,16,17). The zero-order valence-corrected chi connectivity index (χ0v) is 10.1. The van der Waals surface area contributed by atoms with Crippen molar-refractivity contribution in [1.82, 2.24) is 10.6 Å². The number of carbonyl (C=O) groups excluding carboxylic acids is 2. The van der Waals surface area contributed by atoms with Crippen molar-refractivity contribution in [2.75, 3.05) is 19.7 Å². The highest BCUT2D eigenvalue weighted by molar-refractivity contribution is 6.22. The third kappa shape index (κ3) is 1.63. The van der Waals surface area contributed by atoms with Gasteiger partial charge in [-0.2, -0.15) is 0 Å². The van der Waals surface area contributed by atoms with Gasteiger partial charge in [-0.1, -0.05) is 6.07 Å². The molecule has 0 radical (unpaired) electrons. The van der Waals surface area contributed by atoms with Crippen molar-refractivity contribution in [2.24, 2.45) is 0 Å². The Morgan fingerprint density at radius 3 is 2.83 bits per heavy atom. The van der Waals surface area contributed by atoms with Gasteiger partial charge < -0.3 is 10.1 Å². The maximum atomic E-state index is 11.7. The van der Waals surface area contributed by atoms with Crippen molar-refractivity contribution in [3.63, 3.8) is 0 Å². The molecule has 1 aromatic carbocycles. The summed E-state index contributed by atoms with van der Waals surface area (Å²) in [5.74, 6) is -0.620. The summed E-state index contributed by atoms with van der Waals surface area (Å²) >= 11 is 0. The Kier molecular flexibility index (Phi) is 2.65. The molecule has 1 unspecified atom stereocenters. The molecule has 5 nitrogen and oxygen atoms in total. The third-order valence-electron chi connectivity index (χ3n) is 3.48. The first-order valence-corrected chi connectivity index (χ1v) is 6.00. The van der Waals surface area contributed by atoms with Crippen LogP contribution >= 0.6 is 0 Å². The average molecular weight is 246 g/mol. The van der Waals surface area contributed by atoms with E-state index >= 15 is 0 Å². The predicted molar refractivity (Wildman–Crippen MR) is 64.5 cm³/mol. The summed E-state index contributed by atoms with van der Waals surface area (Å²) < 4.78 is 5.69. The van der Waals surface area contributed by atoms with E-state index in [0.29, 0.717) is 17.7 Å². The Balaban J connectivity index is 2.05. The summed E-state index contributed by atoms with van der Waals surface area (Å²) in [4.78, 5) is 23.3. The molecule has 0 spiro atoms. The fourth-order valence-corrected chi connectivity index (χ4v) is 2.56. The van der Waals surface area contributed by atoms with Crippen LogP contribution in [0.4, 0.5) is 0 Å². The molecule has 18 heavy (non-hydrogen) atoms. The molecule has 94 valence electrons. The first-order valence-electron chi connectivity index (χ1n) is 6.00. The predicted octanol–water partition coefficient (Wildman–Crippen LogP) is 0.540. The summed E-state index contributed by atoms with van der Waals surface area (Å²) in [7, 11) is 0. The van der Waals surface area contributed by atoms with E-state index in [4.69, 9.17) is 4.74 Å². The monoisotopic (exact) mass is 246 g/mol. The van der Waals surface area contributed by atoms with Crippen LogP contribution in [0.25, 0.3) is 0 Å². The van der Waals surface area contributed by atoms with Crippen LogP contribution in [-0.2, 0) is 4.74 Å². The summed E-state index contributed by atoms with van der Waals surface area (Å²) in [6, 6.07) is 3.58. The number of amides is 2. The topological polar surface area (TPSA) is 67.4 Å². The van der Waals surface area contributed by atoms with E-state index in [2.05, 4.69) is 10.6 Å². The number of benzene rings is 1. The molecule has 5 heteroatoms. The van der Waals surface area contributed by atoms with Gasteiger partial charge in [0.05, 0.1) is 23.8 Å². The minimum absolute atomic E-state index is 0.0486. The largest absolute Gasteiger partial charge is 0.371 e. The number of carbonyl (C=O) groups is 2. The van der Waals surface area contributed by atoms with Crippen LogP contribution in [0.3, 0.4) is 0 Å². The molecule has 3 rings (SSSR count). The second-order valence-electron chi connectivity index (χ2n) is 4.55. The van der Waals surface area contributed by atoms with E-state index in [9.17, 15) is 9.59 Å². The fourth-order valence-electron chi connectivity index (χ4n) is 2.56. The molecule has 0 aliphatic carbocycles.